The van der Waals surface area contributed by atoms with Crippen molar-refractivity contribution >= 4 is 11.6 Å². The molecule has 0 atom stereocenters. The van der Waals surface area contributed by atoms with Gasteiger partial charge in [-0.15, -0.1) is 0 Å². The summed E-state index contributed by atoms with van der Waals surface area (Å²) >= 11 is 6.23. The monoisotopic (exact) mass is 274 g/mol. The third-order valence-electron chi connectivity index (χ3n) is 3.51. The molecule has 2 aromatic rings. The number of nitrogens with zero attached hydrogens (tertiary/aromatic N) is 2. The maximum absolute atomic E-state index is 6.23. The molecular weight excluding hydrogens is 264 g/mol. The van der Waals surface area contributed by atoms with Gasteiger partial charge in [-0.2, -0.15) is 0 Å². The highest BCUT2D eigenvalue weighted by Gasteiger charge is 2.20. The summed E-state index contributed by atoms with van der Waals surface area (Å²) < 4.78 is 10.7. The van der Waals surface area contributed by atoms with E-state index in [9.17, 15) is 0 Å². The molecule has 0 amide bonds. The van der Waals surface area contributed by atoms with Gasteiger partial charge < -0.3 is 9.47 Å². The number of fused-ring (bicyclic) bond motifs is 2. The molecule has 4 rings (SSSR count). The van der Waals surface area contributed by atoms with Crippen LogP contribution in [0.25, 0.3) is 11.4 Å². The molecule has 1 aromatic heterocycles. The molecule has 1 aliphatic heterocycles. The number of halogens is 1. The van der Waals surface area contributed by atoms with Gasteiger partial charge in [0.15, 0.2) is 17.3 Å². The van der Waals surface area contributed by atoms with Crippen molar-refractivity contribution in [1.82, 2.24) is 9.97 Å². The van der Waals surface area contributed by atoms with Crippen molar-refractivity contribution in [3.63, 3.8) is 0 Å². The molecule has 5 heteroatoms. The average molecular weight is 275 g/mol. The minimum absolute atomic E-state index is 0.268. The largest absolute Gasteiger partial charge is 0.454 e. The minimum Gasteiger partial charge on any atom is -0.454 e. The first-order chi connectivity index (χ1) is 9.31. The van der Waals surface area contributed by atoms with Gasteiger partial charge in [-0.05, 0) is 37.5 Å². The van der Waals surface area contributed by atoms with Crippen LogP contribution in [0.3, 0.4) is 0 Å². The number of benzene rings is 1. The smallest absolute Gasteiger partial charge is 0.231 e. The zero-order valence-corrected chi connectivity index (χ0v) is 10.9. The first-order valence-electron chi connectivity index (χ1n) is 6.26. The molecule has 96 valence electrons. The van der Waals surface area contributed by atoms with Crippen LogP contribution in [0, 0.1) is 0 Å². The molecule has 0 saturated heterocycles. The van der Waals surface area contributed by atoms with E-state index in [1.165, 1.54) is 0 Å². The number of aryl methyl sites for hydroxylation is 1. The SMILES string of the molecule is Clc1nc(-c2ccc3c(c2)OCO3)nc2c1CCC2. The van der Waals surface area contributed by atoms with Crippen molar-refractivity contribution in [3.8, 4) is 22.9 Å². The van der Waals surface area contributed by atoms with Crippen LogP contribution in [0.2, 0.25) is 5.15 Å². The van der Waals surface area contributed by atoms with Gasteiger partial charge in [-0.25, -0.2) is 9.97 Å². The standard InChI is InChI=1S/C14H11ClN2O2/c15-13-9-2-1-3-10(9)16-14(17-13)8-4-5-11-12(6-8)19-7-18-11/h4-6H,1-3,7H2. The normalized spacial score (nSPS) is 15.6. The van der Waals surface area contributed by atoms with Crippen molar-refractivity contribution in [2.24, 2.45) is 0 Å². The Labute approximate surface area is 115 Å². The molecule has 0 bridgehead atoms. The number of hydrogen-bond acceptors (Lipinski definition) is 4. The summed E-state index contributed by atoms with van der Waals surface area (Å²) in [5.74, 6) is 2.15. The molecule has 0 unspecified atom stereocenters. The summed E-state index contributed by atoms with van der Waals surface area (Å²) in [5, 5.41) is 0.579. The Morgan fingerprint density at radius 1 is 1.05 bits per heavy atom. The van der Waals surface area contributed by atoms with Crippen molar-refractivity contribution in [2.75, 3.05) is 6.79 Å². The Morgan fingerprint density at radius 2 is 1.95 bits per heavy atom. The number of aromatic nitrogens is 2. The third kappa shape index (κ3) is 1.75. The molecule has 2 heterocycles. The van der Waals surface area contributed by atoms with Gasteiger partial charge in [0.1, 0.15) is 5.15 Å². The van der Waals surface area contributed by atoms with Gasteiger partial charge in [0, 0.05) is 16.8 Å². The van der Waals surface area contributed by atoms with E-state index in [1.807, 2.05) is 18.2 Å². The number of rotatable bonds is 1. The van der Waals surface area contributed by atoms with Crippen LogP contribution in [-0.2, 0) is 12.8 Å². The third-order valence-corrected chi connectivity index (χ3v) is 3.83. The summed E-state index contributed by atoms with van der Waals surface area (Å²) in [6.07, 6.45) is 3.07. The lowest BCUT2D eigenvalue weighted by Gasteiger charge is -2.06. The van der Waals surface area contributed by atoms with Crippen LogP contribution in [0.5, 0.6) is 11.5 Å². The van der Waals surface area contributed by atoms with E-state index in [2.05, 4.69) is 9.97 Å². The lowest BCUT2D eigenvalue weighted by molar-refractivity contribution is 0.174. The minimum atomic E-state index is 0.268. The highest BCUT2D eigenvalue weighted by atomic mass is 35.5. The molecule has 2 aliphatic rings. The van der Waals surface area contributed by atoms with Crippen LogP contribution in [-0.4, -0.2) is 16.8 Å². The molecule has 1 aromatic carbocycles. The van der Waals surface area contributed by atoms with Gasteiger partial charge in [0.25, 0.3) is 0 Å². The second-order valence-corrected chi connectivity index (χ2v) is 5.04. The Bertz CT molecular complexity index is 673. The van der Waals surface area contributed by atoms with E-state index in [-0.39, 0.29) is 6.79 Å². The van der Waals surface area contributed by atoms with Gasteiger partial charge in [0.2, 0.25) is 6.79 Å². The molecule has 4 nitrogen and oxygen atoms in total. The number of hydrogen-bond donors (Lipinski definition) is 0. The van der Waals surface area contributed by atoms with Gasteiger partial charge in [-0.1, -0.05) is 11.6 Å². The second-order valence-electron chi connectivity index (χ2n) is 4.68. The lowest BCUT2D eigenvalue weighted by Crippen LogP contribution is -1.97. The fraction of sp³-hybridized carbons (Fsp3) is 0.286. The van der Waals surface area contributed by atoms with Crippen LogP contribution < -0.4 is 9.47 Å². The van der Waals surface area contributed by atoms with Crippen LogP contribution in [0.4, 0.5) is 0 Å². The Morgan fingerprint density at radius 3 is 2.89 bits per heavy atom. The van der Waals surface area contributed by atoms with Gasteiger partial charge in [0.05, 0.1) is 0 Å². The Kier molecular flexibility index (Phi) is 2.38. The lowest BCUT2D eigenvalue weighted by atomic mass is 10.1. The van der Waals surface area contributed by atoms with Crippen molar-refractivity contribution < 1.29 is 9.47 Å². The molecule has 19 heavy (non-hydrogen) atoms. The van der Waals surface area contributed by atoms with E-state index >= 15 is 0 Å². The first kappa shape index (κ1) is 11.1. The van der Waals surface area contributed by atoms with E-state index in [4.69, 9.17) is 21.1 Å². The summed E-state index contributed by atoms with van der Waals surface area (Å²) in [6.45, 7) is 0.268. The maximum atomic E-state index is 6.23. The highest BCUT2D eigenvalue weighted by Crippen LogP contribution is 2.36. The summed E-state index contributed by atoms with van der Waals surface area (Å²) in [6, 6.07) is 5.71. The highest BCUT2D eigenvalue weighted by molar-refractivity contribution is 6.30. The van der Waals surface area contributed by atoms with E-state index in [1.54, 1.807) is 0 Å². The van der Waals surface area contributed by atoms with E-state index in [0.29, 0.717) is 11.0 Å². The first-order valence-corrected chi connectivity index (χ1v) is 6.64. The Balaban J connectivity index is 1.82. The van der Waals surface area contributed by atoms with Gasteiger partial charge >= 0.3 is 0 Å². The molecule has 0 radical (unpaired) electrons. The fourth-order valence-corrected chi connectivity index (χ4v) is 2.84. The predicted molar refractivity (Wildman–Crippen MR) is 70.6 cm³/mol. The molecule has 1 aliphatic carbocycles. The average Bonchev–Trinajstić information content (AvgIpc) is 3.06. The molecule has 0 N–H and O–H groups in total. The van der Waals surface area contributed by atoms with Crippen LogP contribution in [0.15, 0.2) is 18.2 Å². The fourth-order valence-electron chi connectivity index (χ4n) is 2.55. The van der Waals surface area contributed by atoms with Gasteiger partial charge in [-0.3, -0.25) is 0 Å². The molecular formula is C14H11ClN2O2. The maximum Gasteiger partial charge on any atom is 0.231 e. The van der Waals surface area contributed by atoms with Crippen molar-refractivity contribution in [3.05, 3.63) is 34.6 Å². The quantitative estimate of drug-likeness (QED) is 0.750. The zero-order chi connectivity index (χ0) is 12.8. The predicted octanol–water partition coefficient (Wildman–Crippen LogP) is 3.01. The van der Waals surface area contributed by atoms with Crippen molar-refractivity contribution in [1.29, 1.82) is 0 Å². The van der Waals surface area contributed by atoms with Crippen molar-refractivity contribution in [2.45, 2.75) is 19.3 Å². The number of ether oxygens (including phenoxy) is 2. The molecule has 0 saturated carbocycles. The topological polar surface area (TPSA) is 44.2 Å². The molecule has 0 fully saturated rings. The van der Waals surface area contributed by atoms with Crippen LogP contribution >= 0.6 is 11.6 Å². The summed E-state index contributed by atoms with van der Waals surface area (Å²) in [5.41, 5.74) is 3.08. The Hall–Kier alpha value is -1.81. The second kappa shape index (κ2) is 4.10. The summed E-state index contributed by atoms with van der Waals surface area (Å²) in [7, 11) is 0. The zero-order valence-electron chi connectivity index (χ0n) is 10.1. The summed E-state index contributed by atoms with van der Waals surface area (Å²) in [4.78, 5) is 9.02. The molecule has 0 spiro atoms. The van der Waals surface area contributed by atoms with E-state index in [0.717, 1.165) is 47.6 Å². The van der Waals surface area contributed by atoms with Crippen LogP contribution in [0.1, 0.15) is 17.7 Å². The van der Waals surface area contributed by atoms with E-state index < -0.39 is 0 Å².